The second-order valence-corrected chi connectivity index (χ2v) is 9.94. The summed E-state index contributed by atoms with van der Waals surface area (Å²) in [6.07, 6.45) is 0.666. The lowest BCUT2D eigenvalue weighted by Gasteiger charge is -2.24. The molecule has 2 aromatic carbocycles. The molecule has 2 rings (SSSR count). The molecule has 0 amide bonds. The zero-order chi connectivity index (χ0) is 26.0. The van der Waals surface area contributed by atoms with Crippen LogP contribution in [0.3, 0.4) is 0 Å². The second-order valence-electron chi connectivity index (χ2n) is 9.53. The van der Waals surface area contributed by atoms with E-state index in [1.807, 2.05) is 39.0 Å². The van der Waals surface area contributed by atoms with E-state index < -0.39 is 5.41 Å². The molecular formula is C27H38N2O5S. The largest absolute Gasteiger partial charge is 0.493 e. The van der Waals surface area contributed by atoms with Crippen molar-refractivity contribution in [3.63, 3.8) is 0 Å². The van der Waals surface area contributed by atoms with Gasteiger partial charge in [0.2, 0.25) is 0 Å². The third-order valence-electron chi connectivity index (χ3n) is 5.43. The summed E-state index contributed by atoms with van der Waals surface area (Å²) < 4.78 is 21.5. The highest BCUT2D eigenvalue weighted by molar-refractivity contribution is 7.80. The van der Waals surface area contributed by atoms with Crippen LogP contribution < -0.4 is 20.1 Å². The van der Waals surface area contributed by atoms with E-state index in [1.54, 1.807) is 14.2 Å². The van der Waals surface area contributed by atoms with Gasteiger partial charge in [-0.25, -0.2) is 0 Å². The lowest BCUT2D eigenvalue weighted by molar-refractivity contribution is -0.153. The Morgan fingerprint density at radius 2 is 1.71 bits per heavy atom. The minimum Gasteiger partial charge on any atom is -0.493 e. The number of carbonyl (C=O) groups excluding carboxylic acids is 1. The quantitative estimate of drug-likeness (QED) is 0.265. The van der Waals surface area contributed by atoms with Gasteiger partial charge in [0.05, 0.1) is 18.6 Å². The van der Waals surface area contributed by atoms with Gasteiger partial charge >= 0.3 is 5.97 Å². The van der Waals surface area contributed by atoms with Crippen molar-refractivity contribution < 1.29 is 23.7 Å². The maximum absolute atomic E-state index is 12.3. The molecule has 0 aliphatic carbocycles. The fraction of sp³-hybridized carbons (Fsp3) is 0.481. The summed E-state index contributed by atoms with van der Waals surface area (Å²) in [5.41, 5.74) is 4.02. The van der Waals surface area contributed by atoms with Crippen molar-refractivity contribution in [2.45, 2.75) is 53.6 Å². The van der Waals surface area contributed by atoms with Crippen LogP contribution in [0.1, 0.15) is 43.0 Å². The molecule has 35 heavy (non-hydrogen) atoms. The van der Waals surface area contributed by atoms with Crippen molar-refractivity contribution >= 4 is 23.3 Å². The highest BCUT2D eigenvalue weighted by Crippen LogP contribution is 2.28. The van der Waals surface area contributed by atoms with Gasteiger partial charge in [-0.1, -0.05) is 24.3 Å². The van der Waals surface area contributed by atoms with Crippen molar-refractivity contribution in [2.75, 3.05) is 27.6 Å². The lowest BCUT2D eigenvalue weighted by Crippen LogP contribution is -2.45. The number of hydrogen-bond donors (Lipinski definition) is 2. The third kappa shape index (κ3) is 9.38. The van der Waals surface area contributed by atoms with Crippen LogP contribution >= 0.6 is 12.2 Å². The molecule has 0 saturated carbocycles. The van der Waals surface area contributed by atoms with Gasteiger partial charge < -0.3 is 29.6 Å². The van der Waals surface area contributed by atoms with Crippen LogP contribution in [0.15, 0.2) is 36.4 Å². The Morgan fingerprint density at radius 3 is 2.34 bits per heavy atom. The average molecular weight is 503 g/mol. The van der Waals surface area contributed by atoms with E-state index in [9.17, 15) is 4.79 Å². The molecule has 0 fully saturated rings. The normalized spacial score (nSPS) is 12.0. The molecule has 7 nitrogen and oxygen atoms in total. The smallest absolute Gasteiger partial charge is 0.311 e. The molecule has 0 saturated heterocycles. The third-order valence-corrected chi connectivity index (χ3v) is 5.69. The summed E-state index contributed by atoms with van der Waals surface area (Å²) in [6, 6.07) is 11.8. The molecule has 0 aromatic heterocycles. The van der Waals surface area contributed by atoms with Crippen molar-refractivity contribution in [1.29, 1.82) is 0 Å². The van der Waals surface area contributed by atoms with E-state index in [-0.39, 0.29) is 25.4 Å². The van der Waals surface area contributed by atoms with E-state index in [2.05, 4.69) is 42.7 Å². The molecule has 8 heteroatoms. The van der Waals surface area contributed by atoms with Crippen molar-refractivity contribution in [3.05, 3.63) is 58.7 Å². The Labute approximate surface area is 214 Å². The van der Waals surface area contributed by atoms with E-state index in [0.29, 0.717) is 29.6 Å². The van der Waals surface area contributed by atoms with Gasteiger partial charge in [0.25, 0.3) is 0 Å². The molecule has 0 aliphatic heterocycles. The monoisotopic (exact) mass is 502 g/mol. The maximum atomic E-state index is 12.3. The van der Waals surface area contributed by atoms with Crippen molar-refractivity contribution in [2.24, 2.45) is 5.41 Å². The summed E-state index contributed by atoms with van der Waals surface area (Å²) in [5.74, 6) is 0.973. The van der Waals surface area contributed by atoms with Gasteiger partial charge in [-0.15, -0.1) is 0 Å². The van der Waals surface area contributed by atoms with Crippen LogP contribution in [0.4, 0.5) is 0 Å². The van der Waals surface area contributed by atoms with Crippen molar-refractivity contribution in [3.8, 4) is 11.5 Å². The number of benzene rings is 2. The average Bonchev–Trinajstić information content (AvgIpc) is 2.81. The number of esters is 1. The van der Waals surface area contributed by atoms with Crippen LogP contribution in [-0.4, -0.2) is 44.7 Å². The minimum absolute atomic E-state index is 0.143. The van der Waals surface area contributed by atoms with E-state index in [1.165, 1.54) is 11.1 Å². The second kappa shape index (κ2) is 13.3. The van der Waals surface area contributed by atoms with Crippen LogP contribution in [0.25, 0.3) is 0 Å². The molecule has 2 N–H and O–H groups in total. The highest BCUT2D eigenvalue weighted by atomic mass is 32.1. The number of thiocarbonyl (C=S) groups is 1. The first kappa shape index (κ1) is 28.4. The number of rotatable bonds is 11. The Balaban J connectivity index is 2.03. The summed E-state index contributed by atoms with van der Waals surface area (Å²) in [5, 5.41) is 7.02. The fourth-order valence-electron chi connectivity index (χ4n) is 3.24. The number of carbonyl (C=O) groups is 1. The zero-order valence-electron chi connectivity index (χ0n) is 21.8. The maximum Gasteiger partial charge on any atom is 0.311 e. The summed E-state index contributed by atoms with van der Waals surface area (Å²) in [4.78, 5) is 12.3. The van der Waals surface area contributed by atoms with Gasteiger partial charge in [-0.2, -0.15) is 0 Å². The van der Waals surface area contributed by atoms with Gasteiger partial charge in [0.15, 0.2) is 23.4 Å². The molecule has 0 aliphatic rings. The van der Waals surface area contributed by atoms with Crippen LogP contribution in [0.2, 0.25) is 0 Å². The van der Waals surface area contributed by atoms with Crippen LogP contribution in [-0.2, 0) is 27.2 Å². The van der Waals surface area contributed by atoms with E-state index >= 15 is 0 Å². The lowest BCUT2D eigenvalue weighted by atomic mass is 9.97. The van der Waals surface area contributed by atoms with Gasteiger partial charge in [-0.05, 0) is 87.6 Å². The summed E-state index contributed by atoms with van der Waals surface area (Å²) >= 11 is 5.55. The Hall–Kier alpha value is -2.84. The SMILES string of the molecule is COCOc1ccc(CNC(=S)NC(COC(=O)C(C)(C)C)Cc2ccc(C)c(C)c2)cc1OC. The molecule has 0 bridgehead atoms. The Morgan fingerprint density at radius 1 is 1.00 bits per heavy atom. The summed E-state index contributed by atoms with van der Waals surface area (Å²) in [7, 11) is 3.16. The Bertz CT molecular complexity index is 1000. The number of nitrogens with one attached hydrogen (secondary N) is 2. The molecule has 192 valence electrons. The molecule has 0 radical (unpaired) electrons. The molecular weight excluding hydrogens is 464 g/mol. The molecule has 0 spiro atoms. The minimum atomic E-state index is -0.568. The number of aryl methyl sites for hydroxylation is 2. The summed E-state index contributed by atoms with van der Waals surface area (Å²) in [6.45, 7) is 10.5. The van der Waals surface area contributed by atoms with Crippen molar-refractivity contribution in [1.82, 2.24) is 10.6 Å². The number of hydrogen-bond acceptors (Lipinski definition) is 6. The first-order chi connectivity index (χ1) is 16.5. The topological polar surface area (TPSA) is 78.0 Å². The first-order valence-electron chi connectivity index (χ1n) is 11.6. The van der Waals surface area contributed by atoms with Crippen LogP contribution in [0, 0.1) is 19.3 Å². The molecule has 1 unspecified atom stereocenters. The van der Waals surface area contributed by atoms with Crippen LogP contribution in [0.5, 0.6) is 11.5 Å². The molecule has 1 atom stereocenters. The zero-order valence-corrected chi connectivity index (χ0v) is 22.6. The standard InChI is InChI=1S/C27H38N2O5S/c1-18-8-9-20(12-19(18)2)13-22(16-33-25(30)27(3,4)5)29-26(35)28-15-21-10-11-23(34-17-31-6)24(14-21)32-7/h8-12,14,22H,13,15-17H2,1-7H3,(H2,28,29,35). The van der Waals surface area contributed by atoms with Gasteiger partial charge in [-0.3, -0.25) is 4.79 Å². The molecule has 2 aromatic rings. The molecule has 0 heterocycles. The predicted molar refractivity (Wildman–Crippen MR) is 142 cm³/mol. The van der Waals surface area contributed by atoms with Gasteiger partial charge in [0, 0.05) is 13.7 Å². The highest BCUT2D eigenvalue weighted by Gasteiger charge is 2.24. The number of ether oxygens (including phenoxy) is 4. The first-order valence-corrected chi connectivity index (χ1v) is 12.0. The fourth-order valence-corrected chi connectivity index (χ4v) is 3.48. The van der Waals surface area contributed by atoms with E-state index in [0.717, 1.165) is 11.1 Å². The predicted octanol–water partition coefficient (Wildman–Crippen LogP) is 4.46. The Kier molecular flexibility index (Phi) is 10.8. The number of methoxy groups -OCH3 is 2. The van der Waals surface area contributed by atoms with Gasteiger partial charge in [0.1, 0.15) is 6.61 Å². The van der Waals surface area contributed by atoms with E-state index in [4.69, 9.17) is 31.2 Å².